The van der Waals surface area contributed by atoms with Gasteiger partial charge in [-0.15, -0.1) is 0 Å². The van der Waals surface area contributed by atoms with Crippen LogP contribution in [0.4, 0.5) is 5.82 Å². The molecule has 0 unspecified atom stereocenters. The highest BCUT2D eigenvalue weighted by molar-refractivity contribution is 5.69. The SMILES string of the molecule is c1cn2nc(C3CC3)cc2c(N2CCC(N3CCOCC3)CC2)n1. The first-order valence-electron chi connectivity index (χ1n) is 9.29. The Morgan fingerprint density at radius 1 is 1.00 bits per heavy atom. The second-order valence-corrected chi connectivity index (χ2v) is 7.29. The van der Waals surface area contributed by atoms with Crippen LogP contribution in [-0.4, -0.2) is 64.9 Å². The molecule has 3 aliphatic rings. The van der Waals surface area contributed by atoms with Gasteiger partial charge < -0.3 is 9.64 Å². The molecule has 6 nitrogen and oxygen atoms in total. The van der Waals surface area contributed by atoms with E-state index < -0.39 is 0 Å². The summed E-state index contributed by atoms with van der Waals surface area (Å²) in [6.07, 6.45) is 8.87. The van der Waals surface area contributed by atoms with Crippen molar-refractivity contribution in [1.82, 2.24) is 19.5 Å². The van der Waals surface area contributed by atoms with Gasteiger partial charge in [-0.25, -0.2) is 9.50 Å². The van der Waals surface area contributed by atoms with Gasteiger partial charge in [0.2, 0.25) is 0 Å². The van der Waals surface area contributed by atoms with Crippen LogP contribution in [0.15, 0.2) is 18.5 Å². The molecule has 1 aliphatic carbocycles. The smallest absolute Gasteiger partial charge is 0.154 e. The van der Waals surface area contributed by atoms with Gasteiger partial charge in [0.1, 0.15) is 5.52 Å². The molecule has 2 saturated heterocycles. The molecule has 2 aliphatic heterocycles. The molecule has 0 amide bonds. The predicted octanol–water partition coefficient (Wildman–Crippen LogP) is 1.91. The molecule has 0 atom stereocenters. The standard InChI is InChI=1S/C18H25N5O/c1-2-14(1)16-13-17-18(19-5-8-23(17)20-16)22-6-3-15(4-7-22)21-9-11-24-12-10-21/h5,8,13-15H,1-4,6-7,9-12H2. The maximum Gasteiger partial charge on any atom is 0.154 e. The summed E-state index contributed by atoms with van der Waals surface area (Å²) in [5.74, 6) is 1.79. The zero-order valence-electron chi connectivity index (χ0n) is 14.1. The van der Waals surface area contributed by atoms with E-state index in [9.17, 15) is 0 Å². The van der Waals surface area contributed by atoms with Crippen LogP contribution >= 0.6 is 0 Å². The van der Waals surface area contributed by atoms with E-state index in [2.05, 4.69) is 15.9 Å². The second kappa shape index (κ2) is 6.01. The van der Waals surface area contributed by atoms with Crippen LogP contribution in [0.25, 0.3) is 5.52 Å². The van der Waals surface area contributed by atoms with Crippen LogP contribution in [0.3, 0.4) is 0 Å². The fourth-order valence-corrected chi connectivity index (χ4v) is 4.13. The minimum atomic E-state index is 0.685. The first-order chi connectivity index (χ1) is 11.9. The number of nitrogens with zero attached hydrogens (tertiary/aromatic N) is 5. The molecule has 2 aromatic heterocycles. The van der Waals surface area contributed by atoms with Gasteiger partial charge in [-0.05, 0) is 31.7 Å². The average molecular weight is 327 g/mol. The lowest BCUT2D eigenvalue weighted by molar-refractivity contribution is 0.0115. The predicted molar refractivity (Wildman–Crippen MR) is 92.6 cm³/mol. The van der Waals surface area contributed by atoms with Crippen molar-refractivity contribution in [3.05, 3.63) is 24.2 Å². The Labute approximate surface area is 142 Å². The first kappa shape index (κ1) is 14.7. The zero-order chi connectivity index (χ0) is 15.9. The van der Waals surface area contributed by atoms with Crippen molar-refractivity contribution < 1.29 is 4.74 Å². The molecule has 2 aromatic rings. The van der Waals surface area contributed by atoms with Gasteiger partial charge in [0.15, 0.2) is 5.82 Å². The van der Waals surface area contributed by atoms with E-state index in [1.165, 1.54) is 36.9 Å². The highest BCUT2D eigenvalue weighted by atomic mass is 16.5. The van der Waals surface area contributed by atoms with Gasteiger partial charge in [0.05, 0.1) is 18.9 Å². The number of morpholine rings is 1. The van der Waals surface area contributed by atoms with E-state index in [4.69, 9.17) is 14.8 Å². The third kappa shape index (κ3) is 2.67. The molecule has 24 heavy (non-hydrogen) atoms. The summed E-state index contributed by atoms with van der Waals surface area (Å²) >= 11 is 0. The molecular weight excluding hydrogens is 302 g/mol. The molecule has 128 valence electrons. The van der Waals surface area contributed by atoms with E-state index in [1.54, 1.807) is 0 Å². The molecule has 4 heterocycles. The van der Waals surface area contributed by atoms with Crippen LogP contribution in [0.5, 0.6) is 0 Å². The van der Waals surface area contributed by atoms with Gasteiger partial charge in [0.25, 0.3) is 0 Å². The van der Waals surface area contributed by atoms with Crippen molar-refractivity contribution >= 4 is 11.3 Å². The molecule has 0 radical (unpaired) electrons. The molecule has 3 fully saturated rings. The Bertz CT molecular complexity index is 711. The van der Waals surface area contributed by atoms with E-state index >= 15 is 0 Å². The van der Waals surface area contributed by atoms with E-state index in [-0.39, 0.29) is 0 Å². The Hall–Kier alpha value is -1.66. The van der Waals surface area contributed by atoms with Crippen LogP contribution in [0.1, 0.15) is 37.3 Å². The van der Waals surface area contributed by atoms with Gasteiger partial charge in [0, 0.05) is 50.5 Å². The second-order valence-electron chi connectivity index (χ2n) is 7.29. The van der Waals surface area contributed by atoms with Crippen molar-refractivity contribution in [2.24, 2.45) is 0 Å². The third-order valence-corrected chi connectivity index (χ3v) is 5.71. The number of hydrogen-bond acceptors (Lipinski definition) is 5. The lowest BCUT2D eigenvalue weighted by Crippen LogP contribution is -2.49. The number of ether oxygens (including phenoxy) is 1. The van der Waals surface area contributed by atoms with Crippen LogP contribution in [-0.2, 0) is 4.74 Å². The number of piperidine rings is 1. The molecule has 0 bridgehead atoms. The minimum Gasteiger partial charge on any atom is -0.379 e. The third-order valence-electron chi connectivity index (χ3n) is 5.71. The van der Waals surface area contributed by atoms with Gasteiger partial charge in [-0.2, -0.15) is 5.10 Å². The highest BCUT2D eigenvalue weighted by Crippen LogP contribution is 2.40. The summed E-state index contributed by atoms with van der Waals surface area (Å²) in [6.45, 7) is 6.12. The summed E-state index contributed by atoms with van der Waals surface area (Å²) in [7, 11) is 0. The largest absolute Gasteiger partial charge is 0.379 e. The fraction of sp³-hybridized carbons (Fsp3) is 0.667. The first-order valence-corrected chi connectivity index (χ1v) is 9.29. The summed E-state index contributed by atoms with van der Waals surface area (Å²) in [5, 5.41) is 4.75. The molecular formula is C18H25N5O. The van der Waals surface area contributed by atoms with Crippen LogP contribution in [0, 0.1) is 0 Å². The Kier molecular flexibility index (Phi) is 3.67. The fourth-order valence-electron chi connectivity index (χ4n) is 4.13. The van der Waals surface area contributed by atoms with E-state index in [0.717, 1.165) is 45.2 Å². The minimum absolute atomic E-state index is 0.685. The lowest BCUT2D eigenvalue weighted by Gasteiger charge is -2.40. The number of anilines is 1. The molecule has 5 rings (SSSR count). The van der Waals surface area contributed by atoms with E-state index in [0.29, 0.717) is 12.0 Å². The van der Waals surface area contributed by atoms with E-state index in [1.807, 2.05) is 16.9 Å². The maximum atomic E-state index is 5.48. The molecule has 0 aromatic carbocycles. The summed E-state index contributed by atoms with van der Waals surface area (Å²) < 4.78 is 7.50. The molecule has 0 N–H and O–H groups in total. The normalized spacial score (nSPS) is 23.9. The van der Waals surface area contributed by atoms with Crippen LogP contribution < -0.4 is 4.90 Å². The Morgan fingerprint density at radius 3 is 2.54 bits per heavy atom. The quantitative estimate of drug-likeness (QED) is 0.862. The van der Waals surface area contributed by atoms with Crippen molar-refractivity contribution in [2.45, 2.75) is 37.6 Å². The summed E-state index contributed by atoms with van der Waals surface area (Å²) in [6, 6.07) is 2.96. The monoisotopic (exact) mass is 327 g/mol. The zero-order valence-corrected chi connectivity index (χ0v) is 14.1. The molecule has 6 heteroatoms. The lowest BCUT2D eigenvalue weighted by atomic mass is 10.0. The average Bonchev–Trinajstić information content (AvgIpc) is 3.41. The van der Waals surface area contributed by atoms with Gasteiger partial charge >= 0.3 is 0 Å². The number of fused-ring (bicyclic) bond motifs is 1. The Morgan fingerprint density at radius 2 is 1.79 bits per heavy atom. The summed E-state index contributed by atoms with van der Waals surface area (Å²) in [5.41, 5.74) is 2.41. The Balaban J connectivity index is 1.33. The van der Waals surface area contributed by atoms with Gasteiger partial charge in [-0.1, -0.05) is 0 Å². The van der Waals surface area contributed by atoms with Crippen LogP contribution in [0.2, 0.25) is 0 Å². The van der Waals surface area contributed by atoms with Crippen molar-refractivity contribution in [2.75, 3.05) is 44.3 Å². The van der Waals surface area contributed by atoms with Crippen molar-refractivity contribution in [3.8, 4) is 0 Å². The van der Waals surface area contributed by atoms with Gasteiger partial charge in [-0.3, -0.25) is 4.90 Å². The highest BCUT2D eigenvalue weighted by Gasteiger charge is 2.29. The van der Waals surface area contributed by atoms with Crippen molar-refractivity contribution in [1.29, 1.82) is 0 Å². The molecule has 0 spiro atoms. The number of rotatable bonds is 3. The number of aromatic nitrogens is 3. The maximum absolute atomic E-state index is 5.48. The topological polar surface area (TPSA) is 45.9 Å². The molecule has 1 saturated carbocycles. The number of hydrogen-bond donors (Lipinski definition) is 0. The van der Waals surface area contributed by atoms with Crippen molar-refractivity contribution in [3.63, 3.8) is 0 Å². The summed E-state index contributed by atoms with van der Waals surface area (Å²) in [4.78, 5) is 9.75.